The molecule has 0 spiro atoms. The normalized spacial score (nSPS) is 11.6. The van der Waals surface area contributed by atoms with E-state index in [0.29, 0.717) is 24.7 Å². The number of amides is 2. The maximum absolute atomic E-state index is 13.4. The molecule has 2 amide bonds. The van der Waals surface area contributed by atoms with Gasteiger partial charge in [0, 0.05) is 39.0 Å². The molecule has 67 heavy (non-hydrogen) atoms. The van der Waals surface area contributed by atoms with Crippen LogP contribution in [0.3, 0.4) is 0 Å². The van der Waals surface area contributed by atoms with E-state index in [-0.39, 0.29) is 0 Å². The summed E-state index contributed by atoms with van der Waals surface area (Å²) in [5.74, 6) is 0.779. The zero-order valence-corrected chi connectivity index (χ0v) is 44.9. The van der Waals surface area contributed by atoms with Crippen molar-refractivity contribution < 1.29 is 9.59 Å². The van der Waals surface area contributed by atoms with Crippen molar-refractivity contribution in [3.63, 3.8) is 0 Å². The number of hydrogen-bond donors (Lipinski definition) is 0. The summed E-state index contributed by atoms with van der Waals surface area (Å²) in [6, 6.07) is 0. The molecule has 0 saturated carbocycles. The highest BCUT2D eigenvalue weighted by atomic mass is 16.2. The molecule has 0 aromatic carbocycles. The summed E-state index contributed by atoms with van der Waals surface area (Å²) < 4.78 is 0. The largest absolute Gasteiger partial charge is 0.343 e. The predicted molar refractivity (Wildman–Crippen MR) is 293 cm³/mol. The highest BCUT2D eigenvalue weighted by Crippen LogP contribution is 2.17. The molecular weight excluding hydrogens is 819 g/mol. The van der Waals surface area contributed by atoms with E-state index in [0.717, 1.165) is 142 Å². The van der Waals surface area contributed by atoms with E-state index >= 15 is 0 Å². The molecule has 0 saturated heterocycles. The number of nitrogens with zero attached hydrogens (tertiary/aromatic N) is 3. The summed E-state index contributed by atoms with van der Waals surface area (Å²) in [5, 5.41) is 0. The Bertz CT molecular complexity index is 862. The maximum atomic E-state index is 13.4. The first-order valence-electron chi connectivity index (χ1n) is 29.8. The molecule has 5 nitrogen and oxygen atoms in total. The van der Waals surface area contributed by atoms with Gasteiger partial charge in [-0.1, -0.05) is 205 Å². The SMILES string of the molecule is [CH]CCCCCCCCCN(CCCCCCCCC[CH])C(=O)CCCCCCCN(CCCCC[CH])CCCCCCCC(=O)N(CCCCCCCCC[CH])CCCCCCCCC[CH]. The van der Waals surface area contributed by atoms with Crippen molar-refractivity contribution in [2.75, 3.05) is 45.8 Å². The second-order valence-electron chi connectivity index (χ2n) is 20.5. The van der Waals surface area contributed by atoms with Crippen molar-refractivity contribution in [3.8, 4) is 0 Å². The van der Waals surface area contributed by atoms with Gasteiger partial charge < -0.3 is 14.7 Å². The molecule has 0 unspecified atom stereocenters. The van der Waals surface area contributed by atoms with Crippen LogP contribution in [0.1, 0.15) is 308 Å². The fourth-order valence-corrected chi connectivity index (χ4v) is 9.64. The average Bonchev–Trinajstić information content (AvgIpc) is 3.33. The zero-order valence-electron chi connectivity index (χ0n) is 44.9. The minimum absolute atomic E-state index is 0.390. The second-order valence-corrected chi connectivity index (χ2v) is 20.5. The summed E-state index contributed by atoms with van der Waals surface area (Å²) in [5.41, 5.74) is 0. The first kappa shape index (κ1) is 65.9. The molecule has 0 aliphatic carbocycles. The lowest BCUT2D eigenvalue weighted by atomic mass is 10.1. The van der Waals surface area contributed by atoms with Gasteiger partial charge in [-0.25, -0.2) is 0 Å². The van der Waals surface area contributed by atoms with Gasteiger partial charge in [-0.3, -0.25) is 9.59 Å². The lowest BCUT2D eigenvalue weighted by Crippen LogP contribution is -2.32. The molecule has 5 heteroatoms. The standard InChI is InChI=1S/C62H115N3O2/c1-6-11-16-21-25-29-39-48-57-64(58-49-40-30-26-22-17-12-7-2)61(66)52-43-35-33-37-46-55-63(54-45-20-15-10-5)56-47-38-34-36-44-53-62(67)65(59-50-41-31-27-23-18-13-8-3)60-51-42-32-28-24-19-14-9-4/h1-5H,6-60H2. The first-order chi connectivity index (χ1) is 33.0. The van der Waals surface area contributed by atoms with Crippen molar-refractivity contribution >= 4 is 11.8 Å². The Morgan fingerprint density at radius 2 is 0.373 bits per heavy atom. The van der Waals surface area contributed by atoms with Crippen LogP contribution in [-0.2, 0) is 9.59 Å². The van der Waals surface area contributed by atoms with E-state index in [2.05, 4.69) is 14.7 Å². The van der Waals surface area contributed by atoms with E-state index in [1.54, 1.807) is 0 Å². The first-order valence-corrected chi connectivity index (χ1v) is 29.8. The predicted octanol–water partition coefficient (Wildman–Crippen LogP) is 18.2. The molecule has 0 bridgehead atoms. The Labute approximate surface area is 423 Å². The molecule has 0 heterocycles. The number of rotatable bonds is 57. The summed E-state index contributed by atoms with van der Waals surface area (Å²) in [7, 11) is 0. The molecule has 0 rings (SSSR count). The summed E-state index contributed by atoms with van der Waals surface area (Å²) in [6.45, 7) is 35.7. The Hall–Kier alpha value is -1.10. The van der Waals surface area contributed by atoms with E-state index < -0.39 is 0 Å². The smallest absolute Gasteiger partial charge is 0.222 e. The third kappa shape index (κ3) is 48.3. The molecule has 0 aromatic rings. The van der Waals surface area contributed by atoms with Gasteiger partial charge in [-0.2, -0.15) is 0 Å². The number of hydrogen-bond acceptors (Lipinski definition) is 3. The van der Waals surface area contributed by atoms with Crippen LogP contribution < -0.4 is 0 Å². The van der Waals surface area contributed by atoms with E-state index in [1.807, 2.05) is 0 Å². The van der Waals surface area contributed by atoms with Crippen molar-refractivity contribution in [2.24, 2.45) is 0 Å². The Morgan fingerprint density at radius 3 is 0.597 bits per heavy atom. The molecular formula is C62H115N3O2. The maximum Gasteiger partial charge on any atom is 0.222 e. The molecule has 10 radical (unpaired) electrons. The Balaban J connectivity index is 4.61. The van der Waals surface area contributed by atoms with Gasteiger partial charge in [0.2, 0.25) is 11.8 Å². The topological polar surface area (TPSA) is 43.9 Å². The van der Waals surface area contributed by atoms with E-state index in [1.165, 1.54) is 199 Å². The van der Waals surface area contributed by atoms with Gasteiger partial charge in [0.25, 0.3) is 0 Å². The average molecular weight is 935 g/mol. The van der Waals surface area contributed by atoms with Gasteiger partial charge in [0.05, 0.1) is 0 Å². The van der Waals surface area contributed by atoms with Crippen LogP contribution in [0.2, 0.25) is 0 Å². The minimum atomic E-state index is 0.390. The monoisotopic (exact) mass is 934 g/mol. The quantitative estimate of drug-likeness (QED) is 0.0571. The molecule has 0 N–H and O–H groups in total. The van der Waals surface area contributed by atoms with Crippen molar-refractivity contribution in [2.45, 2.75) is 308 Å². The molecule has 0 aromatic heterocycles. The van der Waals surface area contributed by atoms with Crippen LogP contribution in [0.4, 0.5) is 0 Å². The van der Waals surface area contributed by atoms with Crippen molar-refractivity contribution in [1.29, 1.82) is 0 Å². The highest BCUT2D eigenvalue weighted by molar-refractivity contribution is 5.76. The lowest BCUT2D eigenvalue weighted by molar-refractivity contribution is -0.132. The number of carbonyl (C=O) groups excluding carboxylic acids is 2. The zero-order chi connectivity index (χ0) is 48.8. The summed E-state index contributed by atoms with van der Waals surface area (Å²) in [6.07, 6.45) is 55.3. The third-order valence-corrected chi connectivity index (χ3v) is 14.1. The van der Waals surface area contributed by atoms with E-state index in [9.17, 15) is 9.59 Å². The minimum Gasteiger partial charge on any atom is -0.343 e. The molecule has 0 aliphatic rings. The lowest BCUT2D eigenvalue weighted by Gasteiger charge is -2.23. The Morgan fingerprint density at radius 1 is 0.209 bits per heavy atom. The van der Waals surface area contributed by atoms with Crippen LogP contribution in [0.15, 0.2) is 0 Å². The Kier molecular flexibility index (Phi) is 54.9. The third-order valence-electron chi connectivity index (χ3n) is 14.1. The van der Waals surface area contributed by atoms with Crippen molar-refractivity contribution in [1.82, 2.24) is 14.7 Å². The fourth-order valence-electron chi connectivity index (χ4n) is 9.64. The highest BCUT2D eigenvalue weighted by Gasteiger charge is 2.15. The van der Waals surface area contributed by atoms with Gasteiger partial charge in [0.15, 0.2) is 0 Å². The molecule has 0 aliphatic heterocycles. The van der Waals surface area contributed by atoms with E-state index in [4.69, 9.17) is 34.6 Å². The fraction of sp³-hybridized carbons (Fsp3) is 0.887. The van der Waals surface area contributed by atoms with Crippen LogP contribution in [-0.4, -0.2) is 72.3 Å². The second kappa shape index (κ2) is 55.8. The summed E-state index contributed by atoms with van der Waals surface area (Å²) >= 11 is 0. The number of unbranched alkanes of at least 4 members (excludes halogenated alkanes) is 39. The van der Waals surface area contributed by atoms with Crippen LogP contribution in [0, 0.1) is 34.6 Å². The van der Waals surface area contributed by atoms with Crippen LogP contribution in [0.5, 0.6) is 0 Å². The molecule has 0 fully saturated rings. The molecule has 0 atom stereocenters. The molecule has 390 valence electrons. The number of carbonyl (C=O) groups is 2. The van der Waals surface area contributed by atoms with Gasteiger partial charge in [-0.05, 0) is 144 Å². The van der Waals surface area contributed by atoms with Gasteiger partial charge >= 0.3 is 0 Å². The van der Waals surface area contributed by atoms with Crippen molar-refractivity contribution in [3.05, 3.63) is 34.6 Å². The summed E-state index contributed by atoms with van der Waals surface area (Å²) in [4.78, 5) is 34.0. The van der Waals surface area contributed by atoms with Gasteiger partial charge in [-0.15, -0.1) is 0 Å². The van der Waals surface area contributed by atoms with Gasteiger partial charge in [0.1, 0.15) is 0 Å². The van der Waals surface area contributed by atoms with Crippen LogP contribution >= 0.6 is 0 Å². The van der Waals surface area contributed by atoms with Crippen LogP contribution in [0.25, 0.3) is 0 Å².